The Kier molecular flexibility index (Phi) is 4.49. The van der Waals surface area contributed by atoms with Gasteiger partial charge in [0.1, 0.15) is 0 Å². The molecule has 4 atom stereocenters. The van der Waals surface area contributed by atoms with Crippen LogP contribution in [0.15, 0.2) is 30.5 Å². The number of aromatic nitrogens is 1. The van der Waals surface area contributed by atoms with Crippen LogP contribution in [-0.2, 0) is 18.3 Å². The third kappa shape index (κ3) is 2.77. The minimum atomic E-state index is -0.741. The molecule has 1 aromatic carbocycles. The first kappa shape index (κ1) is 15.5. The first-order chi connectivity index (χ1) is 10.6. The van der Waals surface area contributed by atoms with Gasteiger partial charge in [-0.25, -0.2) is 0 Å². The maximum atomic E-state index is 10.2. The number of nitrogens with one attached hydrogen (secondary N) is 1. The second-order valence-electron chi connectivity index (χ2n) is 6.20. The predicted molar refractivity (Wildman–Crippen MR) is 85.5 cm³/mol. The Balaban J connectivity index is 1.69. The summed E-state index contributed by atoms with van der Waals surface area (Å²) in [4.78, 5) is 0. The fourth-order valence-electron chi connectivity index (χ4n) is 3.51. The Labute approximate surface area is 130 Å². The standard InChI is InChI=1S/C17H24N2O3/c1-19-9-12(13-5-3-4-6-15(13)19)8-18-14-7-11(10-22-2)16(20)17(14)21/h3-6,9,11,14,16-18,20-21H,7-8,10H2,1-2H3. The molecule has 1 aliphatic rings. The van der Waals surface area contributed by atoms with Gasteiger partial charge >= 0.3 is 0 Å². The van der Waals surface area contributed by atoms with Gasteiger partial charge in [0.25, 0.3) is 0 Å². The number of nitrogens with zero attached hydrogens (tertiary/aromatic N) is 1. The van der Waals surface area contributed by atoms with E-state index in [4.69, 9.17) is 4.74 Å². The van der Waals surface area contributed by atoms with E-state index >= 15 is 0 Å². The molecule has 1 aromatic heterocycles. The summed E-state index contributed by atoms with van der Waals surface area (Å²) in [5, 5.41) is 24.9. The van der Waals surface area contributed by atoms with Crippen molar-refractivity contribution in [1.29, 1.82) is 0 Å². The van der Waals surface area contributed by atoms with Crippen LogP contribution >= 0.6 is 0 Å². The van der Waals surface area contributed by atoms with Crippen molar-refractivity contribution in [1.82, 2.24) is 9.88 Å². The summed E-state index contributed by atoms with van der Waals surface area (Å²) >= 11 is 0. The third-order valence-electron chi connectivity index (χ3n) is 4.72. The lowest BCUT2D eigenvalue weighted by molar-refractivity contribution is -0.00597. The number of hydrogen-bond acceptors (Lipinski definition) is 4. The third-order valence-corrected chi connectivity index (χ3v) is 4.72. The zero-order valence-electron chi connectivity index (χ0n) is 13.1. The Morgan fingerprint density at radius 1 is 1.27 bits per heavy atom. The number of rotatable bonds is 5. The number of benzene rings is 1. The number of aliphatic hydroxyl groups is 2. The topological polar surface area (TPSA) is 66.7 Å². The van der Waals surface area contributed by atoms with Crippen LogP contribution in [0.1, 0.15) is 12.0 Å². The molecule has 3 rings (SSSR count). The highest BCUT2D eigenvalue weighted by molar-refractivity contribution is 5.83. The molecule has 5 heteroatoms. The van der Waals surface area contributed by atoms with Gasteiger partial charge in [-0.3, -0.25) is 0 Å². The summed E-state index contributed by atoms with van der Waals surface area (Å²) in [6, 6.07) is 8.18. The van der Waals surface area contributed by atoms with Crippen molar-refractivity contribution in [3.8, 4) is 0 Å². The van der Waals surface area contributed by atoms with Crippen LogP contribution in [-0.4, -0.2) is 46.7 Å². The van der Waals surface area contributed by atoms with Crippen LogP contribution < -0.4 is 5.32 Å². The Bertz CT molecular complexity index is 640. The normalized spacial score (nSPS) is 28.5. The van der Waals surface area contributed by atoms with E-state index in [9.17, 15) is 10.2 Å². The SMILES string of the molecule is COCC1CC(NCc2cn(C)c3ccccc23)C(O)C1O. The molecule has 0 amide bonds. The van der Waals surface area contributed by atoms with Crippen molar-refractivity contribution in [3.63, 3.8) is 0 Å². The molecular formula is C17H24N2O3. The molecule has 0 radical (unpaired) electrons. The van der Waals surface area contributed by atoms with Crippen LogP contribution in [0.5, 0.6) is 0 Å². The van der Waals surface area contributed by atoms with E-state index in [0.29, 0.717) is 13.2 Å². The summed E-state index contributed by atoms with van der Waals surface area (Å²) < 4.78 is 7.23. The molecule has 5 nitrogen and oxygen atoms in total. The minimum Gasteiger partial charge on any atom is -0.390 e. The summed E-state index contributed by atoms with van der Waals surface area (Å²) in [5.74, 6) is -0.00924. The molecule has 1 heterocycles. The first-order valence-corrected chi connectivity index (χ1v) is 7.73. The van der Waals surface area contributed by atoms with E-state index in [1.54, 1.807) is 7.11 Å². The van der Waals surface area contributed by atoms with E-state index in [2.05, 4.69) is 28.2 Å². The zero-order chi connectivity index (χ0) is 15.7. The second-order valence-corrected chi connectivity index (χ2v) is 6.20. The molecule has 1 aliphatic carbocycles. The lowest BCUT2D eigenvalue weighted by Crippen LogP contribution is -2.39. The first-order valence-electron chi connectivity index (χ1n) is 7.73. The highest BCUT2D eigenvalue weighted by Gasteiger charge is 2.40. The van der Waals surface area contributed by atoms with Crippen molar-refractivity contribution < 1.29 is 14.9 Å². The molecule has 120 valence electrons. The average molecular weight is 304 g/mol. The Morgan fingerprint density at radius 3 is 2.82 bits per heavy atom. The molecule has 0 saturated heterocycles. The van der Waals surface area contributed by atoms with Gasteiger partial charge in [0.15, 0.2) is 0 Å². The highest BCUT2D eigenvalue weighted by Crippen LogP contribution is 2.28. The maximum absolute atomic E-state index is 10.2. The van der Waals surface area contributed by atoms with Gasteiger partial charge in [0.2, 0.25) is 0 Å². The van der Waals surface area contributed by atoms with E-state index in [1.165, 1.54) is 16.5 Å². The Morgan fingerprint density at radius 2 is 2.05 bits per heavy atom. The van der Waals surface area contributed by atoms with Crippen LogP contribution in [0, 0.1) is 5.92 Å². The number of methoxy groups -OCH3 is 1. The van der Waals surface area contributed by atoms with Crippen molar-refractivity contribution in [3.05, 3.63) is 36.0 Å². The van der Waals surface area contributed by atoms with Crippen molar-refractivity contribution in [2.45, 2.75) is 31.2 Å². The van der Waals surface area contributed by atoms with E-state index in [1.807, 2.05) is 19.2 Å². The number of hydrogen-bond donors (Lipinski definition) is 3. The number of aliphatic hydroxyl groups excluding tert-OH is 2. The fourth-order valence-corrected chi connectivity index (χ4v) is 3.51. The Hall–Kier alpha value is -1.40. The number of ether oxygens (including phenoxy) is 1. The van der Waals surface area contributed by atoms with Crippen LogP contribution in [0.25, 0.3) is 10.9 Å². The smallest absolute Gasteiger partial charge is 0.0955 e. The lowest BCUT2D eigenvalue weighted by atomic mass is 10.1. The molecule has 2 aromatic rings. The summed E-state index contributed by atoms with van der Waals surface area (Å²) in [7, 11) is 3.66. The number of fused-ring (bicyclic) bond motifs is 1. The van der Waals surface area contributed by atoms with E-state index in [0.717, 1.165) is 6.42 Å². The maximum Gasteiger partial charge on any atom is 0.0955 e. The van der Waals surface area contributed by atoms with Gasteiger partial charge in [0, 0.05) is 49.8 Å². The average Bonchev–Trinajstić information content (AvgIpc) is 2.98. The zero-order valence-corrected chi connectivity index (χ0v) is 13.1. The van der Waals surface area contributed by atoms with Crippen LogP contribution in [0.2, 0.25) is 0 Å². The predicted octanol–water partition coefficient (Wildman–Crippen LogP) is 1.02. The summed E-state index contributed by atoms with van der Waals surface area (Å²) in [5.41, 5.74) is 2.40. The molecule has 0 aliphatic heterocycles. The van der Waals surface area contributed by atoms with Crippen LogP contribution in [0.3, 0.4) is 0 Å². The number of para-hydroxylation sites is 1. The van der Waals surface area contributed by atoms with Crippen molar-refractivity contribution in [2.75, 3.05) is 13.7 Å². The molecule has 22 heavy (non-hydrogen) atoms. The molecular weight excluding hydrogens is 280 g/mol. The van der Waals surface area contributed by atoms with Crippen LogP contribution in [0.4, 0.5) is 0 Å². The van der Waals surface area contributed by atoms with Gasteiger partial charge in [-0.2, -0.15) is 0 Å². The largest absolute Gasteiger partial charge is 0.390 e. The molecule has 1 fully saturated rings. The second kappa shape index (κ2) is 6.38. The van der Waals surface area contributed by atoms with E-state index in [-0.39, 0.29) is 12.0 Å². The molecule has 1 saturated carbocycles. The van der Waals surface area contributed by atoms with Crippen molar-refractivity contribution in [2.24, 2.45) is 13.0 Å². The van der Waals surface area contributed by atoms with Gasteiger partial charge in [-0.05, 0) is 18.1 Å². The van der Waals surface area contributed by atoms with E-state index < -0.39 is 12.2 Å². The summed E-state index contributed by atoms with van der Waals surface area (Å²) in [6.45, 7) is 1.15. The minimum absolute atomic E-state index is 0.00924. The fraction of sp³-hybridized carbons (Fsp3) is 0.529. The molecule has 0 bridgehead atoms. The van der Waals surface area contributed by atoms with Gasteiger partial charge < -0.3 is 24.8 Å². The highest BCUT2D eigenvalue weighted by atomic mass is 16.5. The van der Waals surface area contributed by atoms with Gasteiger partial charge in [-0.15, -0.1) is 0 Å². The quantitative estimate of drug-likeness (QED) is 0.772. The van der Waals surface area contributed by atoms with Gasteiger partial charge in [0.05, 0.1) is 18.8 Å². The molecule has 4 unspecified atom stereocenters. The molecule has 0 spiro atoms. The lowest BCUT2D eigenvalue weighted by Gasteiger charge is -2.18. The van der Waals surface area contributed by atoms with Crippen molar-refractivity contribution >= 4 is 10.9 Å². The summed E-state index contributed by atoms with van der Waals surface area (Å²) in [6.07, 6.45) is 1.38. The monoisotopic (exact) mass is 304 g/mol. The molecule has 3 N–H and O–H groups in total. The van der Waals surface area contributed by atoms with Gasteiger partial charge in [-0.1, -0.05) is 18.2 Å². The number of aryl methyl sites for hydroxylation is 1.